The van der Waals surface area contributed by atoms with Crippen LogP contribution in [0.4, 0.5) is 10.1 Å². The van der Waals surface area contributed by atoms with Crippen LogP contribution in [0.25, 0.3) is 0 Å². The number of aryl methyl sites for hydroxylation is 2. The molecule has 0 aromatic heterocycles. The normalized spacial score (nSPS) is 12.7. The predicted octanol–water partition coefficient (Wildman–Crippen LogP) is 4.76. The number of halogens is 1. The topological polar surface area (TPSA) is 41.1 Å². The number of nitrogens with one attached hydrogen (secondary N) is 2. The van der Waals surface area contributed by atoms with Gasteiger partial charge in [-0.05, 0) is 48.6 Å². The van der Waals surface area contributed by atoms with Crippen molar-refractivity contribution in [3.05, 3.63) is 65.0 Å². The molecule has 0 fully saturated rings. The van der Waals surface area contributed by atoms with Crippen LogP contribution < -0.4 is 10.6 Å². The third-order valence-corrected chi connectivity index (χ3v) is 4.19. The van der Waals surface area contributed by atoms with Gasteiger partial charge in [0.05, 0.1) is 6.54 Å². The molecule has 0 bridgehead atoms. The molecular formula is C21H27FN2O. The second kappa shape index (κ2) is 7.79. The van der Waals surface area contributed by atoms with E-state index < -0.39 is 0 Å². The zero-order valence-electron chi connectivity index (χ0n) is 15.6. The fourth-order valence-electron chi connectivity index (χ4n) is 2.92. The molecule has 0 aliphatic heterocycles. The fraction of sp³-hybridized carbons (Fsp3) is 0.381. The Kier molecular flexibility index (Phi) is 5.96. The van der Waals surface area contributed by atoms with Gasteiger partial charge in [0.2, 0.25) is 5.91 Å². The maximum absolute atomic E-state index is 13.2. The lowest BCUT2D eigenvalue weighted by Crippen LogP contribution is -2.37. The number of hydrogen-bond acceptors (Lipinski definition) is 2. The third kappa shape index (κ3) is 5.40. The van der Waals surface area contributed by atoms with E-state index in [1.54, 1.807) is 12.1 Å². The van der Waals surface area contributed by atoms with E-state index in [2.05, 4.69) is 31.4 Å². The second-order valence-corrected chi connectivity index (χ2v) is 7.60. The molecule has 0 saturated carbocycles. The van der Waals surface area contributed by atoms with Gasteiger partial charge in [0, 0.05) is 11.7 Å². The predicted molar refractivity (Wildman–Crippen MR) is 101 cm³/mol. The first kappa shape index (κ1) is 19.1. The van der Waals surface area contributed by atoms with Crippen molar-refractivity contribution in [2.75, 3.05) is 11.9 Å². The van der Waals surface area contributed by atoms with E-state index in [4.69, 9.17) is 0 Å². The SMILES string of the molecule is Cc1ccc(NC(=O)CNC(c2ccc(F)cc2)C(C)(C)C)c(C)c1. The Bertz CT molecular complexity index is 733. The maximum atomic E-state index is 13.2. The van der Waals surface area contributed by atoms with Crippen LogP contribution in [0.1, 0.15) is 43.5 Å². The zero-order valence-corrected chi connectivity index (χ0v) is 15.6. The number of amides is 1. The molecular weight excluding hydrogens is 315 g/mol. The van der Waals surface area contributed by atoms with Crippen molar-refractivity contribution in [3.63, 3.8) is 0 Å². The number of rotatable bonds is 5. The summed E-state index contributed by atoms with van der Waals surface area (Å²) in [6.45, 7) is 10.5. The summed E-state index contributed by atoms with van der Waals surface area (Å²) in [6.07, 6.45) is 0. The largest absolute Gasteiger partial charge is 0.325 e. The molecule has 0 aliphatic rings. The number of anilines is 1. The van der Waals surface area contributed by atoms with Gasteiger partial charge in [-0.3, -0.25) is 4.79 Å². The number of carbonyl (C=O) groups is 1. The van der Waals surface area contributed by atoms with Gasteiger partial charge in [0.25, 0.3) is 0 Å². The van der Waals surface area contributed by atoms with Gasteiger partial charge >= 0.3 is 0 Å². The van der Waals surface area contributed by atoms with Crippen LogP contribution in [0.5, 0.6) is 0 Å². The van der Waals surface area contributed by atoms with Gasteiger partial charge in [-0.25, -0.2) is 4.39 Å². The summed E-state index contributed by atoms with van der Waals surface area (Å²) in [5.41, 5.74) is 3.88. The van der Waals surface area contributed by atoms with Gasteiger partial charge in [-0.1, -0.05) is 50.6 Å². The van der Waals surface area contributed by atoms with Crippen molar-refractivity contribution in [2.24, 2.45) is 5.41 Å². The Labute approximate surface area is 149 Å². The van der Waals surface area contributed by atoms with E-state index in [1.165, 1.54) is 12.1 Å². The Morgan fingerprint density at radius 1 is 1.08 bits per heavy atom. The first-order valence-corrected chi connectivity index (χ1v) is 8.53. The smallest absolute Gasteiger partial charge is 0.238 e. The van der Waals surface area contributed by atoms with Crippen LogP contribution in [0.3, 0.4) is 0 Å². The van der Waals surface area contributed by atoms with Gasteiger partial charge in [-0.2, -0.15) is 0 Å². The maximum Gasteiger partial charge on any atom is 0.238 e. The number of hydrogen-bond donors (Lipinski definition) is 2. The van der Waals surface area contributed by atoms with Crippen LogP contribution in [-0.4, -0.2) is 12.5 Å². The average Bonchev–Trinajstić information content (AvgIpc) is 2.51. The molecule has 25 heavy (non-hydrogen) atoms. The molecule has 1 atom stereocenters. The molecule has 4 heteroatoms. The average molecular weight is 342 g/mol. The van der Waals surface area contributed by atoms with Gasteiger partial charge < -0.3 is 10.6 Å². The fourth-order valence-corrected chi connectivity index (χ4v) is 2.92. The molecule has 1 amide bonds. The zero-order chi connectivity index (χ0) is 18.6. The summed E-state index contributed by atoms with van der Waals surface area (Å²) in [5.74, 6) is -0.354. The molecule has 0 saturated heterocycles. The van der Waals surface area contributed by atoms with E-state index >= 15 is 0 Å². The summed E-state index contributed by atoms with van der Waals surface area (Å²) >= 11 is 0. The quantitative estimate of drug-likeness (QED) is 0.823. The minimum Gasteiger partial charge on any atom is -0.325 e. The summed E-state index contributed by atoms with van der Waals surface area (Å²) in [4.78, 5) is 12.3. The minimum atomic E-state index is -0.260. The van der Waals surface area contributed by atoms with Crippen molar-refractivity contribution >= 4 is 11.6 Å². The standard InChI is InChI=1S/C21H27FN2O/c1-14-6-11-18(15(2)12-14)24-19(25)13-23-20(21(3,4)5)16-7-9-17(22)10-8-16/h6-12,20,23H,13H2,1-5H3,(H,24,25). The molecule has 0 spiro atoms. The molecule has 1 unspecified atom stereocenters. The molecule has 0 heterocycles. The first-order valence-electron chi connectivity index (χ1n) is 8.53. The second-order valence-electron chi connectivity index (χ2n) is 7.60. The van der Waals surface area contributed by atoms with Crippen molar-refractivity contribution in [1.82, 2.24) is 5.32 Å². The molecule has 0 radical (unpaired) electrons. The highest BCUT2D eigenvalue weighted by Gasteiger charge is 2.26. The molecule has 134 valence electrons. The van der Waals surface area contributed by atoms with Crippen LogP contribution in [0.2, 0.25) is 0 Å². The summed E-state index contributed by atoms with van der Waals surface area (Å²) in [6, 6.07) is 12.3. The van der Waals surface area contributed by atoms with E-state index in [9.17, 15) is 9.18 Å². The van der Waals surface area contributed by atoms with Crippen molar-refractivity contribution < 1.29 is 9.18 Å². The highest BCUT2D eigenvalue weighted by molar-refractivity contribution is 5.93. The van der Waals surface area contributed by atoms with Crippen LogP contribution in [0.15, 0.2) is 42.5 Å². The van der Waals surface area contributed by atoms with Gasteiger partial charge in [0.1, 0.15) is 5.82 Å². The van der Waals surface area contributed by atoms with Crippen molar-refractivity contribution in [2.45, 2.75) is 40.7 Å². The van der Waals surface area contributed by atoms with Crippen LogP contribution >= 0.6 is 0 Å². The number of benzene rings is 2. The molecule has 2 aromatic rings. The Morgan fingerprint density at radius 2 is 1.72 bits per heavy atom. The van der Waals surface area contributed by atoms with Gasteiger partial charge in [-0.15, -0.1) is 0 Å². The van der Waals surface area contributed by atoms with E-state index in [1.807, 2.05) is 32.0 Å². The summed E-state index contributed by atoms with van der Waals surface area (Å²) in [5, 5.41) is 6.26. The highest BCUT2D eigenvalue weighted by atomic mass is 19.1. The van der Waals surface area contributed by atoms with Crippen LogP contribution in [0, 0.1) is 25.1 Å². The lowest BCUT2D eigenvalue weighted by atomic mass is 9.82. The summed E-state index contributed by atoms with van der Waals surface area (Å²) in [7, 11) is 0. The molecule has 3 nitrogen and oxygen atoms in total. The highest BCUT2D eigenvalue weighted by Crippen LogP contribution is 2.32. The molecule has 2 rings (SSSR count). The van der Waals surface area contributed by atoms with Crippen LogP contribution in [-0.2, 0) is 4.79 Å². The lowest BCUT2D eigenvalue weighted by molar-refractivity contribution is -0.115. The number of carbonyl (C=O) groups excluding carboxylic acids is 1. The van der Waals surface area contributed by atoms with E-state index in [0.717, 1.165) is 22.4 Å². The van der Waals surface area contributed by atoms with Crippen molar-refractivity contribution in [3.8, 4) is 0 Å². The Hall–Kier alpha value is -2.20. The molecule has 2 aromatic carbocycles. The molecule has 2 N–H and O–H groups in total. The van der Waals surface area contributed by atoms with Crippen molar-refractivity contribution in [1.29, 1.82) is 0 Å². The minimum absolute atomic E-state index is 0.0574. The van der Waals surface area contributed by atoms with E-state index in [0.29, 0.717) is 0 Å². The summed E-state index contributed by atoms with van der Waals surface area (Å²) < 4.78 is 13.2. The van der Waals surface area contributed by atoms with Gasteiger partial charge in [0.15, 0.2) is 0 Å². The lowest BCUT2D eigenvalue weighted by Gasteiger charge is -2.32. The first-order chi connectivity index (χ1) is 11.7. The molecule has 0 aliphatic carbocycles. The Balaban J connectivity index is 2.05. The Morgan fingerprint density at radius 3 is 2.28 bits per heavy atom. The monoisotopic (exact) mass is 342 g/mol. The van der Waals surface area contributed by atoms with E-state index in [-0.39, 0.29) is 29.7 Å². The third-order valence-electron chi connectivity index (χ3n) is 4.19.